The van der Waals surface area contributed by atoms with E-state index in [2.05, 4.69) is 4.98 Å². The fraction of sp³-hybridized carbons (Fsp3) is 0.143. The first-order chi connectivity index (χ1) is 4.74. The van der Waals surface area contributed by atoms with Gasteiger partial charge < -0.3 is 0 Å². The normalized spacial score (nSPS) is 9.40. The molecular weight excluding hydrogens is 133 g/mol. The highest BCUT2D eigenvalue weighted by Gasteiger charge is 1.99. The van der Waals surface area contributed by atoms with Crippen LogP contribution < -0.4 is 0 Å². The van der Waals surface area contributed by atoms with Gasteiger partial charge in [-0.2, -0.15) is 4.39 Å². The third kappa shape index (κ3) is 1.18. The van der Waals surface area contributed by atoms with Crippen molar-refractivity contribution < 1.29 is 9.18 Å². The summed E-state index contributed by atoms with van der Waals surface area (Å²) < 4.78 is 12.5. The largest absolute Gasteiger partial charge is 0.298 e. The third-order valence-corrected chi connectivity index (χ3v) is 1.14. The van der Waals surface area contributed by atoms with Gasteiger partial charge in [-0.15, -0.1) is 0 Å². The molecule has 0 amide bonds. The zero-order chi connectivity index (χ0) is 7.56. The Kier molecular flexibility index (Phi) is 1.76. The summed E-state index contributed by atoms with van der Waals surface area (Å²) in [7, 11) is 0. The number of aryl methyl sites for hydroxylation is 1. The van der Waals surface area contributed by atoms with Crippen molar-refractivity contribution in [2.75, 3.05) is 0 Å². The van der Waals surface area contributed by atoms with E-state index < -0.39 is 5.95 Å². The molecule has 52 valence electrons. The third-order valence-electron chi connectivity index (χ3n) is 1.14. The van der Waals surface area contributed by atoms with Crippen molar-refractivity contribution in [2.45, 2.75) is 6.92 Å². The summed E-state index contributed by atoms with van der Waals surface area (Å²) in [6.07, 6.45) is 0.446. The van der Waals surface area contributed by atoms with Crippen molar-refractivity contribution in [1.29, 1.82) is 0 Å². The van der Waals surface area contributed by atoms with Crippen LogP contribution in [0.15, 0.2) is 12.1 Å². The molecule has 0 N–H and O–H groups in total. The van der Waals surface area contributed by atoms with Gasteiger partial charge >= 0.3 is 0 Å². The summed E-state index contributed by atoms with van der Waals surface area (Å²) in [4.78, 5) is 13.5. The van der Waals surface area contributed by atoms with Gasteiger partial charge in [-0.3, -0.25) is 4.79 Å². The molecular formula is C7H6FNO. The molecule has 0 bridgehead atoms. The number of aldehydes is 1. The predicted molar refractivity (Wildman–Crippen MR) is 34.3 cm³/mol. The van der Waals surface area contributed by atoms with E-state index in [9.17, 15) is 9.18 Å². The molecule has 0 aliphatic heterocycles. The molecule has 1 aromatic heterocycles. The lowest BCUT2D eigenvalue weighted by atomic mass is 10.3. The summed E-state index contributed by atoms with van der Waals surface area (Å²) in [5.41, 5.74) is 0.578. The van der Waals surface area contributed by atoms with Crippen molar-refractivity contribution in [1.82, 2.24) is 4.98 Å². The highest BCUT2D eigenvalue weighted by Crippen LogP contribution is 2.01. The van der Waals surface area contributed by atoms with E-state index in [0.29, 0.717) is 12.0 Å². The van der Waals surface area contributed by atoms with Crippen LogP contribution in [-0.2, 0) is 0 Å². The summed E-state index contributed by atoms with van der Waals surface area (Å²) in [6, 6.07) is 3.00. The number of carbonyl (C=O) groups is 1. The Bertz CT molecular complexity index is 260. The zero-order valence-electron chi connectivity index (χ0n) is 5.47. The Morgan fingerprint density at radius 1 is 1.60 bits per heavy atom. The maximum absolute atomic E-state index is 12.5. The second-order valence-corrected chi connectivity index (χ2v) is 1.95. The Morgan fingerprint density at radius 2 is 2.30 bits per heavy atom. The zero-order valence-corrected chi connectivity index (χ0v) is 5.47. The van der Waals surface area contributed by atoms with Crippen molar-refractivity contribution in [2.24, 2.45) is 0 Å². The van der Waals surface area contributed by atoms with Crippen LogP contribution in [-0.4, -0.2) is 11.3 Å². The van der Waals surface area contributed by atoms with Gasteiger partial charge in [0.25, 0.3) is 0 Å². The Labute approximate surface area is 57.7 Å². The van der Waals surface area contributed by atoms with Crippen LogP contribution in [0.4, 0.5) is 4.39 Å². The number of halogens is 1. The highest BCUT2D eigenvalue weighted by molar-refractivity contribution is 5.74. The van der Waals surface area contributed by atoms with E-state index in [1.165, 1.54) is 6.07 Å². The minimum absolute atomic E-state index is 0.00519. The smallest absolute Gasteiger partial charge is 0.223 e. The van der Waals surface area contributed by atoms with E-state index in [-0.39, 0.29) is 5.56 Å². The lowest BCUT2D eigenvalue weighted by Crippen LogP contribution is -1.92. The fourth-order valence-corrected chi connectivity index (χ4v) is 0.624. The lowest BCUT2D eigenvalue weighted by molar-refractivity contribution is 0.111. The van der Waals surface area contributed by atoms with Crippen molar-refractivity contribution in [3.63, 3.8) is 0 Å². The highest BCUT2D eigenvalue weighted by atomic mass is 19.1. The van der Waals surface area contributed by atoms with Crippen LogP contribution in [0.3, 0.4) is 0 Å². The van der Waals surface area contributed by atoms with E-state index >= 15 is 0 Å². The Morgan fingerprint density at radius 3 is 2.80 bits per heavy atom. The molecule has 10 heavy (non-hydrogen) atoms. The molecule has 0 saturated heterocycles. The van der Waals surface area contributed by atoms with E-state index in [4.69, 9.17) is 0 Å². The number of nitrogens with zero attached hydrogens (tertiary/aromatic N) is 1. The molecule has 0 spiro atoms. The molecule has 0 aromatic carbocycles. The van der Waals surface area contributed by atoms with Gasteiger partial charge in [0.2, 0.25) is 5.95 Å². The molecule has 2 nitrogen and oxygen atoms in total. The molecule has 0 aliphatic rings. The van der Waals surface area contributed by atoms with Crippen molar-refractivity contribution in [3.05, 3.63) is 29.3 Å². The van der Waals surface area contributed by atoms with Gasteiger partial charge in [0.1, 0.15) is 0 Å². The molecule has 1 aromatic rings. The summed E-state index contributed by atoms with van der Waals surface area (Å²) in [6.45, 7) is 1.66. The molecule has 0 atom stereocenters. The quantitative estimate of drug-likeness (QED) is 0.434. The van der Waals surface area contributed by atoms with E-state index in [1.54, 1.807) is 13.0 Å². The average molecular weight is 139 g/mol. The Balaban J connectivity index is 3.19. The van der Waals surface area contributed by atoms with Gasteiger partial charge in [0.05, 0.1) is 5.56 Å². The van der Waals surface area contributed by atoms with Gasteiger partial charge in [-0.05, 0) is 19.1 Å². The van der Waals surface area contributed by atoms with Crippen molar-refractivity contribution >= 4 is 6.29 Å². The monoisotopic (exact) mass is 139 g/mol. The number of hydrogen-bond acceptors (Lipinski definition) is 2. The van der Waals surface area contributed by atoms with Gasteiger partial charge in [0, 0.05) is 5.69 Å². The predicted octanol–water partition coefficient (Wildman–Crippen LogP) is 1.34. The summed E-state index contributed by atoms with van der Waals surface area (Å²) in [5, 5.41) is 0. The molecule has 0 aliphatic carbocycles. The Hall–Kier alpha value is -1.25. The van der Waals surface area contributed by atoms with E-state index in [0.717, 1.165) is 0 Å². The maximum atomic E-state index is 12.5. The van der Waals surface area contributed by atoms with E-state index in [1.807, 2.05) is 0 Å². The van der Waals surface area contributed by atoms with Crippen LogP contribution in [0.5, 0.6) is 0 Å². The minimum atomic E-state index is -0.699. The molecule has 0 unspecified atom stereocenters. The molecule has 3 heteroatoms. The summed E-state index contributed by atoms with van der Waals surface area (Å²) >= 11 is 0. The van der Waals surface area contributed by atoms with Crippen LogP contribution in [0.25, 0.3) is 0 Å². The standard InChI is InChI=1S/C7H6FNO/c1-5-2-3-6(4-10)7(8)9-5/h2-4H,1H3. The fourth-order valence-electron chi connectivity index (χ4n) is 0.624. The van der Waals surface area contributed by atoms with Crippen LogP contribution in [0.2, 0.25) is 0 Å². The number of rotatable bonds is 1. The molecule has 0 fully saturated rings. The van der Waals surface area contributed by atoms with Gasteiger partial charge in [-0.25, -0.2) is 4.98 Å². The molecule has 0 saturated carbocycles. The number of aromatic nitrogens is 1. The topological polar surface area (TPSA) is 30.0 Å². The minimum Gasteiger partial charge on any atom is -0.298 e. The molecule has 0 radical (unpaired) electrons. The molecule has 1 rings (SSSR count). The van der Waals surface area contributed by atoms with Crippen molar-refractivity contribution in [3.8, 4) is 0 Å². The average Bonchev–Trinajstić information content (AvgIpc) is 1.88. The van der Waals surface area contributed by atoms with Gasteiger partial charge in [-0.1, -0.05) is 0 Å². The second kappa shape index (κ2) is 2.56. The number of carbonyl (C=O) groups excluding carboxylic acids is 1. The summed E-state index contributed by atoms with van der Waals surface area (Å²) in [5.74, 6) is -0.699. The first-order valence-electron chi connectivity index (χ1n) is 2.82. The van der Waals surface area contributed by atoms with Gasteiger partial charge in [0.15, 0.2) is 6.29 Å². The second-order valence-electron chi connectivity index (χ2n) is 1.95. The van der Waals surface area contributed by atoms with Crippen LogP contribution in [0.1, 0.15) is 16.1 Å². The maximum Gasteiger partial charge on any atom is 0.223 e. The SMILES string of the molecule is Cc1ccc(C=O)c(F)n1. The first-order valence-corrected chi connectivity index (χ1v) is 2.82. The first kappa shape index (κ1) is 6.86. The number of hydrogen-bond donors (Lipinski definition) is 0. The van der Waals surface area contributed by atoms with Crippen LogP contribution >= 0.6 is 0 Å². The lowest BCUT2D eigenvalue weighted by Gasteiger charge is -1.93. The van der Waals surface area contributed by atoms with Crippen LogP contribution in [0, 0.1) is 12.9 Å². The molecule has 1 heterocycles. The number of pyridine rings is 1.